The van der Waals surface area contributed by atoms with E-state index in [1.54, 1.807) is 17.4 Å². The van der Waals surface area contributed by atoms with Crippen molar-refractivity contribution >= 4 is 27.4 Å². The Hall–Kier alpha value is -2.07. The highest BCUT2D eigenvalue weighted by atomic mass is 32.1. The Morgan fingerprint density at radius 3 is 2.82 bits per heavy atom. The third kappa shape index (κ3) is 1.72. The molecular weight excluding hydrogens is 236 g/mol. The lowest BCUT2D eigenvalue weighted by molar-refractivity contribution is 0.0663. The van der Waals surface area contributed by atoms with Crippen molar-refractivity contribution < 1.29 is 14.3 Å². The van der Waals surface area contributed by atoms with Crippen LogP contribution in [0.1, 0.15) is 10.6 Å². The van der Waals surface area contributed by atoms with Gasteiger partial charge < -0.3 is 9.52 Å². The molecule has 0 fully saturated rings. The first-order valence-electron chi connectivity index (χ1n) is 5.05. The van der Waals surface area contributed by atoms with E-state index >= 15 is 0 Å². The molecule has 0 aliphatic heterocycles. The summed E-state index contributed by atoms with van der Waals surface area (Å²) < 4.78 is 6.47. The molecule has 3 aromatic rings. The van der Waals surface area contributed by atoms with E-state index in [1.807, 2.05) is 29.6 Å². The van der Waals surface area contributed by atoms with Crippen molar-refractivity contribution in [2.75, 3.05) is 0 Å². The molecule has 0 aliphatic rings. The fraction of sp³-hybridized carbons (Fsp3) is 0. The second-order valence-corrected chi connectivity index (χ2v) is 4.59. The third-order valence-corrected chi connectivity index (χ3v) is 3.45. The van der Waals surface area contributed by atoms with Gasteiger partial charge in [-0.3, -0.25) is 0 Å². The first kappa shape index (κ1) is 10.1. The molecule has 4 heteroatoms. The summed E-state index contributed by atoms with van der Waals surface area (Å²) in [5, 5.41) is 12.0. The van der Waals surface area contributed by atoms with Crippen LogP contribution in [0.5, 0.6) is 0 Å². The molecule has 0 amide bonds. The molecule has 0 saturated heterocycles. The number of rotatable bonds is 2. The van der Waals surface area contributed by atoms with Crippen LogP contribution in [0.3, 0.4) is 0 Å². The Morgan fingerprint density at radius 1 is 1.18 bits per heavy atom. The van der Waals surface area contributed by atoms with E-state index in [0.717, 1.165) is 10.9 Å². The summed E-state index contributed by atoms with van der Waals surface area (Å²) in [6.45, 7) is 0. The zero-order valence-corrected chi connectivity index (χ0v) is 9.53. The van der Waals surface area contributed by atoms with Crippen LogP contribution in [0.15, 0.2) is 46.2 Å². The van der Waals surface area contributed by atoms with E-state index in [9.17, 15) is 4.79 Å². The fourth-order valence-corrected chi connectivity index (χ4v) is 2.50. The minimum Gasteiger partial charge on any atom is -0.475 e. The van der Waals surface area contributed by atoms with Crippen molar-refractivity contribution in [3.05, 3.63) is 47.5 Å². The molecule has 0 atom stereocenters. The zero-order chi connectivity index (χ0) is 11.8. The van der Waals surface area contributed by atoms with Crippen LogP contribution in [-0.2, 0) is 0 Å². The maximum absolute atomic E-state index is 10.7. The lowest BCUT2D eigenvalue weighted by Gasteiger charge is -1.97. The van der Waals surface area contributed by atoms with Crippen LogP contribution < -0.4 is 0 Å². The average molecular weight is 244 g/mol. The summed E-state index contributed by atoms with van der Waals surface area (Å²) in [5.74, 6) is -0.506. The van der Waals surface area contributed by atoms with Crippen molar-refractivity contribution in [2.24, 2.45) is 0 Å². The quantitative estimate of drug-likeness (QED) is 0.744. The molecule has 1 aromatic carbocycles. The van der Waals surface area contributed by atoms with Crippen LogP contribution in [0.2, 0.25) is 0 Å². The van der Waals surface area contributed by atoms with E-state index < -0.39 is 5.97 Å². The van der Waals surface area contributed by atoms with Crippen molar-refractivity contribution in [1.29, 1.82) is 0 Å². The molecule has 3 rings (SSSR count). The van der Waals surface area contributed by atoms with Gasteiger partial charge in [0, 0.05) is 10.3 Å². The van der Waals surface area contributed by atoms with Crippen LogP contribution in [0, 0.1) is 0 Å². The number of thiophene rings is 1. The van der Waals surface area contributed by atoms with Gasteiger partial charge in [-0.15, -0.1) is 11.3 Å². The Balaban J connectivity index is 2.09. The maximum atomic E-state index is 10.7. The van der Waals surface area contributed by atoms with Gasteiger partial charge in [0.15, 0.2) is 0 Å². The fourth-order valence-electron chi connectivity index (χ4n) is 1.73. The number of fused-ring (bicyclic) bond motifs is 1. The molecule has 0 bridgehead atoms. The molecule has 0 spiro atoms. The molecule has 2 aromatic heterocycles. The van der Waals surface area contributed by atoms with Crippen molar-refractivity contribution in [1.82, 2.24) is 0 Å². The van der Waals surface area contributed by atoms with Crippen molar-refractivity contribution in [3.8, 4) is 11.3 Å². The van der Waals surface area contributed by atoms with Gasteiger partial charge in [0.2, 0.25) is 5.76 Å². The van der Waals surface area contributed by atoms with Crippen molar-refractivity contribution in [2.45, 2.75) is 0 Å². The molecule has 3 nitrogen and oxygen atoms in total. The lowest BCUT2D eigenvalue weighted by Crippen LogP contribution is -1.91. The van der Waals surface area contributed by atoms with Gasteiger partial charge in [-0.25, -0.2) is 4.79 Å². The molecule has 0 unspecified atom stereocenters. The summed E-state index contributed by atoms with van der Waals surface area (Å²) in [5.41, 5.74) is 0.892. The summed E-state index contributed by atoms with van der Waals surface area (Å²) in [6, 6.07) is 11.1. The number of carboxylic acids is 1. The van der Waals surface area contributed by atoms with Gasteiger partial charge in [0.05, 0.1) is 0 Å². The largest absolute Gasteiger partial charge is 0.475 e. The normalized spacial score (nSPS) is 10.8. The highest BCUT2D eigenvalue weighted by Gasteiger charge is 2.10. The first-order chi connectivity index (χ1) is 8.24. The minimum atomic E-state index is -1.05. The smallest absolute Gasteiger partial charge is 0.371 e. The highest BCUT2D eigenvalue weighted by molar-refractivity contribution is 7.17. The van der Waals surface area contributed by atoms with Crippen LogP contribution in [0.25, 0.3) is 21.4 Å². The topological polar surface area (TPSA) is 50.4 Å². The van der Waals surface area contributed by atoms with Gasteiger partial charge in [-0.1, -0.05) is 0 Å². The van der Waals surface area contributed by atoms with Crippen LogP contribution in [-0.4, -0.2) is 11.1 Å². The third-order valence-electron chi connectivity index (χ3n) is 2.55. The Morgan fingerprint density at radius 2 is 2.06 bits per heavy atom. The molecule has 84 valence electrons. The lowest BCUT2D eigenvalue weighted by atomic mass is 10.1. The first-order valence-corrected chi connectivity index (χ1v) is 5.93. The van der Waals surface area contributed by atoms with Gasteiger partial charge in [0.1, 0.15) is 5.76 Å². The van der Waals surface area contributed by atoms with E-state index in [2.05, 4.69) is 0 Å². The van der Waals surface area contributed by atoms with Gasteiger partial charge in [-0.2, -0.15) is 0 Å². The number of carbonyl (C=O) groups is 1. The standard InChI is InChI=1S/C13H8O3S/c14-13(15)11-3-2-10(16-11)8-1-4-12-9(7-8)5-6-17-12/h1-7H,(H,14,15). The Bertz CT molecular complexity index is 693. The number of benzene rings is 1. The summed E-state index contributed by atoms with van der Waals surface area (Å²) in [4.78, 5) is 10.7. The number of hydrogen-bond acceptors (Lipinski definition) is 3. The van der Waals surface area contributed by atoms with Gasteiger partial charge in [-0.05, 0) is 47.2 Å². The molecule has 17 heavy (non-hydrogen) atoms. The zero-order valence-electron chi connectivity index (χ0n) is 8.71. The average Bonchev–Trinajstić information content (AvgIpc) is 2.97. The van der Waals surface area contributed by atoms with Crippen LogP contribution >= 0.6 is 11.3 Å². The number of aromatic carboxylic acids is 1. The molecular formula is C13H8O3S. The molecule has 1 N–H and O–H groups in total. The Labute approximate surface area is 101 Å². The number of hydrogen-bond donors (Lipinski definition) is 1. The van der Waals surface area contributed by atoms with Gasteiger partial charge >= 0.3 is 5.97 Å². The predicted molar refractivity (Wildman–Crippen MR) is 66.5 cm³/mol. The number of carboxylic acid groups (broad SMARTS) is 1. The van der Waals surface area contributed by atoms with E-state index in [0.29, 0.717) is 5.76 Å². The summed E-state index contributed by atoms with van der Waals surface area (Å²) in [6.07, 6.45) is 0. The SMILES string of the molecule is O=C(O)c1ccc(-c2ccc3sccc3c2)o1. The summed E-state index contributed by atoms with van der Waals surface area (Å²) >= 11 is 1.68. The van der Waals surface area contributed by atoms with Crippen molar-refractivity contribution in [3.63, 3.8) is 0 Å². The Kier molecular flexibility index (Phi) is 2.23. The molecule has 2 heterocycles. The van der Waals surface area contributed by atoms with E-state index in [4.69, 9.17) is 9.52 Å². The maximum Gasteiger partial charge on any atom is 0.371 e. The monoisotopic (exact) mass is 244 g/mol. The molecule has 0 radical (unpaired) electrons. The number of furan rings is 1. The second kappa shape index (κ2) is 3.75. The predicted octanol–water partition coefficient (Wildman–Crippen LogP) is 3.86. The van der Waals surface area contributed by atoms with Crippen LogP contribution in [0.4, 0.5) is 0 Å². The van der Waals surface area contributed by atoms with E-state index in [-0.39, 0.29) is 5.76 Å². The molecule has 0 saturated carbocycles. The highest BCUT2D eigenvalue weighted by Crippen LogP contribution is 2.28. The van der Waals surface area contributed by atoms with E-state index in [1.165, 1.54) is 10.8 Å². The molecule has 0 aliphatic carbocycles. The summed E-state index contributed by atoms with van der Waals surface area (Å²) in [7, 11) is 0. The second-order valence-electron chi connectivity index (χ2n) is 3.64. The van der Waals surface area contributed by atoms with Gasteiger partial charge in [0.25, 0.3) is 0 Å². The minimum absolute atomic E-state index is 0.0367.